The van der Waals surface area contributed by atoms with Gasteiger partial charge in [0.1, 0.15) is 11.6 Å². The molecule has 2 N–H and O–H groups in total. The van der Waals surface area contributed by atoms with E-state index >= 15 is 0 Å². The first-order valence-corrected chi connectivity index (χ1v) is 9.92. The van der Waals surface area contributed by atoms with Gasteiger partial charge in [0, 0.05) is 23.3 Å². The number of anilines is 1. The van der Waals surface area contributed by atoms with Gasteiger partial charge in [-0.1, -0.05) is 24.3 Å². The summed E-state index contributed by atoms with van der Waals surface area (Å²) in [5.74, 6) is 1.16. The highest BCUT2D eigenvalue weighted by atomic mass is 16.5. The zero-order chi connectivity index (χ0) is 20.8. The van der Waals surface area contributed by atoms with Crippen LogP contribution in [0.15, 0.2) is 76.2 Å². The summed E-state index contributed by atoms with van der Waals surface area (Å²) in [5, 5.41) is 10.2. The number of carbonyl (C=O) groups is 1. The second kappa shape index (κ2) is 6.89. The number of nitrogens with two attached hydrogens (primary N) is 1. The van der Waals surface area contributed by atoms with Crippen LogP contribution < -0.4 is 15.4 Å². The molecule has 0 saturated heterocycles. The molecular formula is C24H20N4O2. The van der Waals surface area contributed by atoms with Crippen molar-refractivity contribution in [2.45, 2.75) is 25.2 Å². The minimum absolute atomic E-state index is 0.0795. The second-order valence-corrected chi connectivity index (χ2v) is 7.55. The fourth-order valence-corrected chi connectivity index (χ4v) is 4.63. The van der Waals surface area contributed by atoms with E-state index in [0.717, 1.165) is 35.4 Å². The van der Waals surface area contributed by atoms with Gasteiger partial charge in [0.05, 0.1) is 30.4 Å². The number of aliphatic imine (C=N–C) groups is 1. The lowest BCUT2D eigenvalue weighted by Gasteiger charge is -2.41. The molecule has 1 atom stereocenters. The Morgan fingerprint density at radius 2 is 2.03 bits per heavy atom. The van der Waals surface area contributed by atoms with E-state index in [1.54, 1.807) is 7.11 Å². The molecule has 0 aromatic heterocycles. The molecule has 2 heterocycles. The third-order valence-corrected chi connectivity index (χ3v) is 5.92. The molecule has 2 aliphatic heterocycles. The van der Waals surface area contributed by atoms with Crippen LogP contribution in [-0.4, -0.2) is 18.7 Å². The highest BCUT2D eigenvalue weighted by Crippen LogP contribution is 2.49. The average Bonchev–Trinajstić information content (AvgIpc) is 2.78. The summed E-state index contributed by atoms with van der Waals surface area (Å²) >= 11 is 0. The van der Waals surface area contributed by atoms with Crippen LogP contribution in [0.2, 0.25) is 0 Å². The van der Waals surface area contributed by atoms with Gasteiger partial charge in [-0.05, 0) is 42.7 Å². The number of fused-ring (bicyclic) bond motifs is 4. The number of rotatable bonds is 2. The quantitative estimate of drug-likeness (QED) is 0.834. The van der Waals surface area contributed by atoms with Gasteiger partial charge in [-0.3, -0.25) is 9.69 Å². The molecule has 148 valence electrons. The number of ketones is 1. The van der Waals surface area contributed by atoms with Gasteiger partial charge in [0.15, 0.2) is 11.6 Å². The number of hydrogen-bond acceptors (Lipinski definition) is 6. The van der Waals surface area contributed by atoms with Crippen molar-refractivity contribution in [3.05, 3.63) is 82.3 Å². The van der Waals surface area contributed by atoms with Crippen molar-refractivity contribution in [1.82, 2.24) is 0 Å². The van der Waals surface area contributed by atoms with E-state index in [9.17, 15) is 10.1 Å². The van der Waals surface area contributed by atoms with Crippen LogP contribution in [0.25, 0.3) is 0 Å². The Hall–Kier alpha value is -3.85. The van der Waals surface area contributed by atoms with Gasteiger partial charge >= 0.3 is 0 Å². The molecule has 2 aromatic rings. The zero-order valence-corrected chi connectivity index (χ0v) is 16.6. The Morgan fingerprint density at radius 3 is 2.83 bits per heavy atom. The highest BCUT2D eigenvalue weighted by molar-refractivity contribution is 6.08. The van der Waals surface area contributed by atoms with Gasteiger partial charge in [-0.2, -0.15) is 5.26 Å². The maximum Gasteiger partial charge on any atom is 0.161 e. The van der Waals surface area contributed by atoms with Crippen molar-refractivity contribution in [2.75, 3.05) is 12.0 Å². The number of benzene rings is 2. The smallest absolute Gasteiger partial charge is 0.161 e. The van der Waals surface area contributed by atoms with Gasteiger partial charge in [0.25, 0.3) is 0 Å². The first kappa shape index (κ1) is 18.2. The molecule has 1 unspecified atom stereocenters. The minimum atomic E-state index is -0.485. The largest absolute Gasteiger partial charge is 0.497 e. The monoisotopic (exact) mass is 396 g/mol. The van der Waals surface area contributed by atoms with Gasteiger partial charge in [-0.15, -0.1) is 0 Å². The molecule has 0 amide bonds. The molecule has 0 saturated carbocycles. The summed E-state index contributed by atoms with van der Waals surface area (Å²) in [6.45, 7) is 0. The second-order valence-electron chi connectivity index (χ2n) is 7.55. The van der Waals surface area contributed by atoms with E-state index in [-0.39, 0.29) is 5.78 Å². The van der Waals surface area contributed by atoms with E-state index in [4.69, 9.17) is 10.5 Å². The highest BCUT2D eigenvalue weighted by Gasteiger charge is 2.43. The Balaban J connectivity index is 1.82. The number of ether oxygens (including phenoxy) is 1. The van der Waals surface area contributed by atoms with E-state index in [1.165, 1.54) is 0 Å². The third-order valence-electron chi connectivity index (χ3n) is 5.92. The zero-order valence-electron chi connectivity index (χ0n) is 16.6. The number of Topliss-reactive ketones (excluding diaryl/α,β-unsaturated/α-hetero) is 1. The Bertz CT molecular complexity index is 1220. The first-order valence-electron chi connectivity index (χ1n) is 9.92. The molecule has 6 heteroatoms. The molecule has 0 radical (unpaired) electrons. The molecule has 2 aromatic carbocycles. The normalized spacial score (nSPS) is 20.1. The van der Waals surface area contributed by atoms with Crippen LogP contribution in [0.3, 0.4) is 0 Å². The molecule has 3 aliphatic rings. The predicted octanol–water partition coefficient (Wildman–Crippen LogP) is 3.76. The van der Waals surface area contributed by atoms with Crippen molar-refractivity contribution in [3.8, 4) is 11.8 Å². The number of hydrogen-bond donors (Lipinski definition) is 1. The molecule has 0 bridgehead atoms. The number of methoxy groups -OCH3 is 1. The van der Waals surface area contributed by atoms with Crippen molar-refractivity contribution < 1.29 is 9.53 Å². The van der Waals surface area contributed by atoms with Crippen LogP contribution in [-0.2, 0) is 4.79 Å². The fraction of sp³-hybridized carbons (Fsp3) is 0.208. The standard InChI is InChI=1S/C24H20N4O2/c1-30-15-7-4-6-14(12-15)21-17(13-25)24-27-23(26)16-8-2-3-9-18(16)28(24)19-10-5-11-20(29)22(19)21/h2-4,6-9,12,21H,5,10-11H2,1H3,(H2,26,27). The number of allylic oxidation sites excluding steroid dienone is 3. The number of carbonyl (C=O) groups excluding carboxylic acids is 1. The summed E-state index contributed by atoms with van der Waals surface area (Å²) in [5.41, 5.74) is 10.8. The molecule has 5 rings (SSSR count). The van der Waals surface area contributed by atoms with Crippen LogP contribution in [0.4, 0.5) is 5.69 Å². The SMILES string of the molecule is COc1cccc(C2C(C#N)=C3N=C(N)c4ccccc4N3C3=C2C(=O)CCC3)c1. The Kier molecular flexibility index (Phi) is 4.18. The summed E-state index contributed by atoms with van der Waals surface area (Å²) in [6.07, 6.45) is 2.00. The number of nitriles is 1. The Labute approximate surface area is 174 Å². The van der Waals surface area contributed by atoms with Gasteiger partial charge in [0.2, 0.25) is 0 Å². The molecular weight excluding hydrogens is 376 g/mol. The van der Waals surface area contributed by atoms with Crippen LogP contribution >= 0.6 is 0 Å². The summed E-state index contributed by atoms with van der Waals surface area (Å²) in [4.78, 5) is 19.8. The molecule has 30 heavy (non-hydrogen) atoms. The van der Waals surface area contributed by atoms with Crippen molar-refractivity contribution >= 4 is 17.3 Å². The van der Waals surface area contributed by atoms with Gasteiger partial charge < -0.3 is 10.5 Å². The molecule has 1 aliphatic carbocycles. The van der Waals surface area contributed by atoms with Crippen molar-refractivity contribution in [1.29, 1.82) is 5.26 Å². The fourth-order valence-electron chi connectivity index (χ4n) is 4.63. The predicted molar refractivity (Wildman–Crippen MR) is 114 cm³/mol. The van der Waals surface area contributed by atoms with E-state index in [0.29, 0.717) is 35.0 Å². The summed E-state index contributed by atoms with van der Waals surface area (Å²) < 4.78 is 5.39. The number of para-hydroxylation sites is 1. The average molecular weight is 396 g/mol. The number of amidine groups is 1. The maximum atomic E-state index is 13.2. The van der Waals surface area contributed by atoms with Crippen LogP contribution in [0.5, 0.6) is 5.75 Å². The Morgan fingerprint density at radius 1 is 1.20 bits per heavy atom. The van der Waals surface area contributed by atoms with E-state index < -0.39 is 5.92 Å². The molecule has 0 fully saturated rings. The van der Waals surface area contributed by atoms with Crippen molar-refractivity contribution in [2.24, 2.45) is 10.7 Å². The third kappa shape index (κ3) is 2.56. The lowest BCUT2D eigenvalue weighted by Crippen LogP contribution is -2.39. The number of nitrogens with zero attached hydrogens (tertiary/aromatic N) is 3. The molecule has 0 spiro atoms. The van der Waals surface area contributed by atoms with Crippen LogP contribution in [0.1, 0.15) is 36.3 Å². The minimum Gasteiger partial charge on any atom is -0.497 e. The summed E-state index contributed by atoms with van der Waals surface area (Å²) in [6, 6.07) is 17.6. The first-order chi connectivity index (χ1) is 14.6. The maximum absolute atomic E-state index is 13.2. The van der Waals surface area contributed by atoms with Crippen LogP contribution in [0, 0.1) is 11.3 Å². The van der Waals surface area contributed by atoms with Crippen molar-refractivity contribution in [3.63, 3.8) is 0 Å². The van der Waals surface area contributed by atoms with E-state index in [2.05, 4.69) is 11.1 Å². The lowest BCUT2D eigenvalue weighted by atomic mass is 9.75. The topological polar surface area (TPSA) is 91.7 Å². The van der Waals surface area contributed by atoms with Gasteiger partial charge in [-0.25, -0.2) is 4.99 Å². The molecule has 6 nitrogen and oxygen atoms in total. The van der Waals surface area contributed by atoms with E-state index in [1.807, 2.05) is 53.4 Å². The lowest BCUT2D eigenvalue weighted by molar-refractivity contribution is -0.116. The summed E-state index contributed by atoms with van der Waals surface area (Å²) in [7, 11) is 1.60.